The minimum atomic E-state index is -1.44. The maximum absolute atomic E-state index is 12.6. The van der Waals surface area contributed by atoms with Crippen LogP contribution in [0.2, 0.25) is 0 Å². The minimum Gasteiger partial charge on any atom is -0.408 e. The highest BCUT2D eigenvalue weighted by Crippen LogP contribution is 2.24. The van der Waals surface area contributed by atoms with Crippen LogP contribution in [0.15, 0.2) is 51.7 Å². The van der Waals surface area contributed by atoms with Crippen LogP contribution in [0.5, 0.6) is 0 Å². The summed E-state index contributed by atoms with van der Waals surface area (Å²) in [6.45, 7) is -0.413. The molecule has 0 radical (unpaired) electrons. The predicted molar refractivity (Wildman–Crippen MR) is 123 cm³/mol. The van der Waals surface area contributed by atoms with Gasteiger partial charge in [-0.1, -0.05) is 30.3 Å². The van der Waals surface area contributed by atoms with Crippen LogP contribution < -0.4 is 16.4 Å². The molecule has 0 saturated carbocycles. The number of hydrogen-bond donors (Lipinski definition) is 4. The number of β-amino-alcohol motifs (C(OH)–C–C–N with tert-alkyl or cyclic N) is 1. The molecule has 3 aromatic rings. The molecule has 34 heavy (non-hydrogen) atoms. The van der Waals surface area contributed by atoms with Gasteiger partial charge in [-0.2, -0.15) is 5.26 Å². The summed E-state index contributed by atoms with van der Waals surface area (Å²) < 4.78 is 12.1. The molecule has 10 heteroatoms. The number of benzene rings is 2. The number of oxazole rings is 1. The maximum atomic E-state index is 12.6. The highest BCUT2D eigenvalue weighted by atomic mass is 16.5. The number of amides is 1. The van der Waals surface area contributed by atoms with Crippen molar-refractivity contribution in [3.63, 3.8) is 0 Å². The van der Waals surface area contributed by atoms with Gasteiger partial charge in [-0.25, -0.2) is 4.79 Å². The normalized spacial score (nSPS) is 21.5. The van der Waals surface area contributed by atoms with Crippen LogP contribution in [0.25, 0.3) is 22.2 Å². The van der Waals surface area contributed by atoms with E-state index in [9.17, 15) is 25.1 Å². The monoisotopic (exact) mass is 466 g/mol. The van der Waals surface area contributed by atoms with Crippen molar-refractivity contribution in [3.8, 4) is 17.2 Å². The Morgan fingerprint density at radius 3 is 2.76 bits per heavy atom. The lowest BCUT2D eigenvalue weighted by Crippen LogP contribution is -2.46. The summed E-state index contributed by atoms with van der Waals surface area (Å²) in [5, 5.41) is 34.5. The first-order chi connectivity index (χ1) is 16.3. The maximum Gasteiger partial charge on any atom is 0.419 e. The van der Waals surface area contributed by atoms with Gasteiger partial charge in [0.15, 0.2) is 5.58 Å². The number of ether oxygens (including phenoxy) is 1. The Morgan fingerprint density at radius 2 is 2.06 bits per heavy atom. The van der Waals surface area contributed by atoms with Gasteiger partial charge < -0.3 is 30.0 Å². The van der Waals surface area contributed by atoms with Crippen LogP contribution in [0, 0.1) is 11.3 Å². The summed E-state index contributed by atoms with van der Waals surface area (Å²) in [5.41, 5.74) is 2.50. The number of aryl methyl sites for hydroxylation is 1. The first-order valence-electron chi connectivity index (χ1n) is 10.9. The Kier molecular flexibility index (Phi) is 6.81. The largest absolute Gasteiger partial charge is 0.419 e. The molecule has 1 amide bonds. The molecule has 1 aromatic heterocycles. The number of carbonyl (C=O) groups is 1. The lowest BCUT2D eigenvalue weighted by Gasteiger charge is -2.23. The van der Waals surface area contributed by atoms with Crippen molar-refractivity contribution in [3.05, 3.63) is 58.6 Å². The van der Waals surface area contributed by atoms with E-state index in [1.54, 1.807) is 13.1 Å². The van der Waals surface area contributed by atoms with Gasteiger partial charge in [0, 0.05) is 26.6 Å². The molecule has 4 rings (SSSR count). The fourth-order valence-electron chi connectivity index (χ4n) is 3.84. The van der Waals surface area contributed by atoms with Crippen LogP contribution in [0.4, 0.5) is 0 Å². The molecule has 2 aromatic carbocycles. The van der Waals surface area contributed by atoms with E-state index in [4.69, 9.17) is 9.15 Å². The van der Waals surface area contributed by atoms with Gasteiger partial charge in [-0.3, -0.25) is 9.36 Å². The third-order valence-electron chi connectivity index (χ3n) is 5.91. The first kappa shape index (κ1) is 23.7. The second-order valence-electron chi connectivity index (χ2n) is 8.51. The van der Waals surface area contributed by atoms with E-state index in [0.29, 0.717) is 17.5 Å². The average molecular weight is 466 g/mol. The lowest BCUT2D eigenvalue weighted by molar-refractivity contribution is -0.137. The zero-order valence-electron chi connectivity index (χ0n) is 18.7. The predicted octanol–water partition coefficient (Wildman–Crippen LogP) is 0.0612. The fourth-order valence-corrected chi connectivity index (χ4v) is 3.84. The number of nitrogens with zero attached hydrogens (tertiary/aromatic N) is 2. The summed E-state index contributed by atoms with van der Waals surface area (Å²) in [5.74, 6) is -0.877. The molecule has 4 N–H and O–H groups in total. The molecule has 2 heterocycles. The van der Waals surface area contributed by atoms with Gasteiger partial charge in [0.2, 0.25) is 0 Å². The zero-order chi connectivity index (χ0) is 24.3. The molecule has 1 fully saturated rings. The van der Waals surface area contributed by atoms with Crippen molar-refractivity contribution in [2.45, 2.75) is 24.2 Å². The lowest BCUT2D eigenvalue weighted by atomic mass is 10.0. The van der Waals surface area contributed by atoms with Crippen LogP contribution in [0.3, 0.4) is 0 Å². The second kappa shape index (κ2) is 9.79. The molecule has 10 nitrogen and oxygen atoms in total. The smallest absolute Gasteiger partial charge is 0.408 e. The van der Waals surface area contributed by atoms with Gasteiger partial charge in [0.1, 0.15) is 17.7 Å². The summed E-state index contributed by atoms with van der Waals surface area (Å²) in [7, 11) is 1.65. The van der Waals surface area contributed by atoms with Gasteiger partial charge in [0.25, 0.3) is 5.91 Å². The summed E-state index contributed by atoms with van der Waals surface area (Å²) in [6, 6.07) is 14.4. The van der Waals surface area contributed by atoms with E-state index in [-0.39, 0.29) is 19.7 Å². The van der Waals surface area contributed by atoms with E-state index in [1.165, 1.54) is 4.57 Å². The van der Waals surface area contributed by atoms with Crippen molar-refractivity contribution in [2.75, 3.05) is 26.3 Å². The molecule has 0 bridgehead atoms. The van der Waals surface area contributed by atoms with Crippen LogP contribution in [-0.4, -0.2) is 64.7 Å². The molecule has 3 atom stereocenters. The summed E-state index contributed by atoms with van der Waals surface area (Å²) in [6.07, 6.45) is -0.578. The van der Waals surface area contributed by atoms with Gasteiger partial charge in [0.05, 0.1) is 24.8 Å². The van der Waals surface area contributed by atoms with Gasteiger partial charge in [-0.15, -0.1) is 0 Å². The number of aromatic nitrogens is 1. The molecule has 1 aliphatic heterocycles. The topological polar surface area (TPSA) is 150 Å². The molecular weight excluding hydrogens is 440 g/mol. The molecule has 1 aliphatic rings. The number of carbonyl (C=O) groups excluding carboxylic acids is 1. The number of rotatable bonds is 6. The number of aliphatic hydroxyl groups excluding tert-OH is 1. The first-order valence-corrected chi connectivity index (χ1v) is 10.9. The van der Waals surface area contributed by atoms with Crippen LogP contribution in [0.1, 0.15) is 5.56 Å². The van der Waals surface area contributed by atoms with Crippen molar-refractivity contribution in [1.29, 1.82) is 5.26 Å². The molecule has 0 aliphatic carbocycles. The SMILES string of the molecule is Cn1c(=O)oc2ccc(-c3ccc(C[C@@H](C#N)NC(=O)[C@@H]4CNCC(O)(CO)CO4)cc3)cc21. The minimum absolute atomic E-state index is 0.102. The zero-order valence-corrected chi connectivity index (χ0v) is 18.7. The number of nitriles is 1. The number of aliphatic hydroxyl groups is 2. The summed E-state index contributed by atoms with van der Waals surface area (Å²) >= 11 is 0. The van der Waals surface area contributed by atoms with Crippen molar-refractivity contribution in [2.24, 2.45) is 7.05 Å². The third-order valence-corrected chi connectivity index (χ3v) is 5.91. The Labute approximate surface area is 195 Å². The molecular formula is C24H26N4O6. The average Bonchev–Trinajstić information content (AvgIpc) is 3.00. The van der Waals surface area contributed by atoms with Crippen LogP contribution >= 0.6 is 0 Å². The Bertz CT molecular complexity index is 1280. The quantitative estimate of drug-likeness (QED) is 0.398. The van der Waals surface area contributed by atoms with E-state index in [1.807, 2.05) is 36.4 Å². The van der Waals surface area contributed by atoms with E-state index in [0.717, 1.165) is 16.7 Å². The highest BCUT2D eigenvalue weighted by Gasteiger charge is 2.33. The molecule has 1 saturated heterocycles. The van der Waals surface area contributed by atoms with Crippen molar-refractivity contribution in [1.82, 2.24) is 15.2 Å². The second-order valence-corrected chi connectivity index (χ2v) is 8.51. The van der Waals surface area contributed by atoms with E-state index < -0.39 is 36.0 Å². The number of nitrogens with one attached hydrogen (secondary N) is 2. The fraction of sp³-hybridized carbons (Fsp3) is 0.375. The van der Waals surface area contributed by atoms with Crippen LogP contribution in [-0.2, 0) is 23.0 Å². The van der Waals surface area contributed by atoms with Crippen molar-refractivity contribution >= 4 is 17.0 Å². The number of hydrogen-bond acceptors (Lipinski definition) is 8. The van der Waals surface area contributed by atoms with Crippen molar-refractivity contribution < 1.29 is 24.2 Å². The Hall–Kier alpha value is -3.49. The van der Waals surface area contributed by atoms with Gasteiger partial charge >= 0.3 is 5.76 Å². The molecule has 178 valence electrons. The molecule has 0 spiro atoms. The van der Waals surface area contributed by atoms with E-state index >= 15 is 0 Å². The third kappa shape index (κ3) is 5.03. The molecule has 1 unspecified atom stereocenters. The highest BCUT2D eigenvalue weighted by molar-refractivity contribution is 5.82. The van der Waals surface area contributed by atoms with E-state index in [2.05, 4.69) is 16.7 Å². The van der Waals surface area contributed by atoms with Gasteiger partial charge in [-0.05, 0) is 28.8 Å². The Balaban J connectivity index is 1.40. The standard InChI is InChI=1S/C24H26N4O6/c1-28-19-9-17(6-7-20(19)34-23(28)31)16-4-2-15(3-5-16)8-18(10-25)27-22(30)21-11-26-12-24(32,13-29)14-33-21/h2-7,9,18,21,26,29,32H,8,11-14H2,1H3,(H,27,30)/t18-,21-,24?/m0/s1. The summed E-state index contributed by atoms with van der Waals surface area (Å²) in [4.78, 5) is 24.3. The Morgan fingerprint density at radius 1 is 1.32 bits per heavy atom. The number of fused-ring (bicyclic) bond motifs is 1.